The summed E-state index contributed by atoms with van der Waals surface area (Å²) in [7, 11) is 0. The molecule has 0 atom stereocenters. The number of carboxylic acid groups (broad SMARTS) is 1. The van der Waals surface area contributed by atoms with Crippen molar-refractivity contribution in [3.8, 4) is 11.8 Å². The maximum absolute atomic E-state index is 14.3. The molecule has 2 rings (SSSR count). The Labute approximate surface area is 150 Å². The number of fused-ring (bicyclic) bond motifs is 1. The van der Waals surface area contributed by atoms with Gasteiger partial charge < -0.3 is 14.7 Å². The minimum absolute atomic E-state index is 0.0249. The number of benzene rings is 1. The van der Waals surface area contributed by atoms with Crippen molar-refractivity contribution in [3.05, 3.63) is 23.5 Å². The van der Waals surface area contributed by atoms with E-state index in [1.165, 1.54) is 29.7 Å². The molecule has 1 aliphatic heterocycles. The quantitative estimate of drug-likeness (QED) is 0.620. The van der Waals surface area contributed by atoms with Crippen LogP contribution in [0.3, 0.4) is 0 Å². The molecule has 0 saturated heterocycles. The number of amides is 1. The van der Waals surface area contributed by atoms with Crippen molar-refractivity contribution in [2.24, 2.45) is 0 Å². The van der Waals surface area contributed by atoms with Crippen LogP contribution in [0.15, 0.2) is 17.0 Å². The Balaban J connectivity index is 1.99. The second-order valence-corrected chi connectivity index (χ2v) is 6.63. The molecule has 7 heteroatoms. The minimum Gasteiger partial charge on any atom is -0.480 e. The summed E-state index contributed by atoms with van der Waals surface area (Å²) in [4.78, 5) is 24.4. The van der Waals surface area contributed by atoms with Crippen molar-refractivity contribution in [3.63, 3.8) is 0 Å². The molecule has 0 unspecified atom stereocenters. The summed E-state index contributed by atoms with van der Waals surface area (Å²) in [6.45, 7) is 1.42. The van der Waals surface area contributed by atoms with Gasteiger partial charge in [-0.3, -0.25) is 4.79 Å². The van der Waals surface area contributed by atoms with E-state index in [2.05, 4.69) is 11.8 Å². The van der Waals surface area contributed by atoms with Crippen LogP contribution in [0.4, 0.5) is 10.1 Å². The predicted octanol–water partition coefficient (Wildman–Crippen LogP) is 2.71. The van der Waals surface area contributed by atoms with Gasteiger partial charge in [-0.05, 0) is 36.3 Å². The molecule has 1 aliphatic rings. The maximum Gasteiger partial charge on any atom is 0.329 e. The Kier molecular flexibility index (Phi) is 7.29. The number of hydrogen-bond acceptors (Lipinski definition) is 4. The Morgan fingerprint density at radius 2 is 2.20 bits per heavy atom. The molecule has 0 radical (unpaired) electrons. The maximum atomic E-state index is 14.3. The predicted molar refractivity (Wildman–Crippen MR) is 94.3 cm³/mol. The van der Waals surface area contributed by atoms with Crippen LogP contribution in [0, 0.1) is 17.7 Å². The summed E-state index contributed by atoms with van der Waals surface area (Å²) in [6.07, 6.45) is 2.21. The first-order valence-electron chi connectivity index (χ1n) is 7.97. The van der Waals surface area contributed by atoms with E-state index in [0.717, 1.165) is 24.2 Å². The number of hydrogen-bond donors (Lipinski definition) is 1. The fraction of sp³-hybridized carbons (Fsp3) is 0.444. The second kappa shape index (κ2) is 9.44. The number of aryl methyl sites for hydroxylation is 1. The third-order valence-corrected chi connectivity index (χ3v) is 4.86. The first kappa shape index (κ1) is 19.3. The van der Waals surface area contributed by atoms with Gasteiger partial charge >= 0.3 is 5.97 Å². The summed E-state index contributed by atoms with van der Waals surface area (Å²) >= 11 is 1.52. The zero-order valence-corrected chi connectivity index (χ0v) is 14.8. The molecule has 0 fully saturated rings. The van der Waals surface area contributed by atoms with Crippen LogP contribution in [0.25, 0.3) is 0 Å². The number of carbonyl (C=O) groups is 2. The number of halogens is 1. The largest absolute Gasteiger partial charge is 0.480 e. The van der Waals surface area contributed by atoms with Crippen molar-refractivity contribution in [2.75, 3.05) is 30.4 Å². The van der Waals surface area contributed by atoms with Gasteiger partial charge in [0.15, 0.2) is 0 Å². The third-order valence-electron chi connectivity index (χ3n) is 3.62. The highest BCUT2D eigenvalue weighted by molar-refractivity contribution is 7.99. The molecule has 0 aromatic heterocycles. The Hall–Kier alpha value is -2.04. The molecule has 134 valence electrons. The summed E-state index contributed by atoms with van der Waals surface area (Å²) < 4.78 is 19.1. The van der Waals surface area contributed by atoms with Gasteiger partial charge in [-0.25, -0.2) is 9.18 Å². The Bertz CT molecular complexity index is 711. The summed E-state index contributed by atoms with van der Waals surface area (Å²) in [5.74, 6) is 4.94. The van der Waals surface area contributed by atoms with E-state index in [1.54, 1.807) is 0 Å². The van der Waals surface area contributed by atoms with Crippen LogP contribution < -0.4 is 4.90 Å². The Morgan fingerprint density at radius 3 is 2.92 bits per heavy atom. The van der Waals surface area contributed by atoms with Gasteiger partial charge in [-0.2, -0.15) is 0 Å². The smallest absolute Gasteiger partial charge is 0.329 e. The van der Waals surface area contributed by atoms with Gasteiger partial charge in [-0.1, -0.05) is 11.8 Å². The van der Waals surface area contributed by atoms with Gasteiger partial charge in [0.25, 0.3) is 0 Å². The van der Waals surface area contributed by atoms with E-state index >= 15 is 0 Å². The monoisotopic (exact) mass is 365 g/mol. The zero-order chi connectivity index (χ0) is 18.2. The zero-order valence-electron chi connectivity index (χ0n) is 14.0. The number of rotatable bonds is 6. The number of nitrogens with zero attached hydrogens (tertiary/aromatic N) is 1. The SMILES string of the molecule is CC(=O)N(CCC#CCOCC(=O)O)c1cc(F)c2c(c1)CCCS2. The molecule has 1 amide bonds. The second-order valence-electron chi connectivity index (χ2n) is 5.53. The molecule has 1 heterocycles. The molecular formula is C18H20FNO4S. The molecule has 0 spiro atoms. The van der Waals surface area contributed by atoms with E-state index in [4.69, 9.17) is 9.84 Å². The molecule has 1 aromatic carbocycles. The highest BCUT2D eigenvalue weighted by Crippen LogP contribution is 2.35. The van der Waals surface area contributed by atoms with Crippen molar-refractivity contribution in [1.29, 1.82) is 0 Å². The van der Waals surface area contributed by atoms with Crippen LogP contribution in [0.1, 0.15) is 25.3 Å². The topological polar surface area (TPSA) is 66.8 Å². The van der Waals surface area contributed by atoms with E-state index < -0.39 is 5.97 Å². The molecule has 0 aliphatic carbocycles. The third kappa shape index (κ3) is 5.76. The number of aliphatic carboxylic acids is 1. The highest BCUT2D eigenvalue weighted by Gasteiger charge is 2.19. The lowest BCUT2D eigenvalue weighted by Crippen LogP contribution is -2.29. The fourth-order valence-corrected chi connectivity index (χ4v) is 3.58. The summed E-state index contributed by atoms with van der Waals surface area (Å²) in [5, 5.41) is 8.43. The van der Waals surface area contributed by atoms with Crippen molar-refractivity contribution in [2.45, 2.75) is 31.1 Å². The van der Waals surface area contributed by atoms with Crippen molar-refractivity contribution >= 4 is 29.3 Å². The fourth-order valence-electron chi connectivity index (χ4n) is 2.54. The van der Waals surface area contributed by atoms with E-state index in [0.29, 0.717) is 23.5 Å². The summed E-state index contributed by atoms with van der Waals surface area (Å²) in [5.41, 5.74) is 1.50. The average molecular weight is 365 g/mol. The lowest BCUT2D eigenvalue weighted by molar-refractivity contribution is -0.141. The normalized spacial score (nSPS) is 12.7. The van der Waals surface area contributed by atoms with Gasteiger partial charge in [-0.15, -0.1) is 11.8 Å². The molecule has 1 N–H and O–H groups in total. The first-order chi connectivity index (χ1) is 12.0. The van der Waals surface area contributed by atoms with E-state index in [9.17, 15) is 14.0 Å². The molecule has 0 bridgehead atoms. The number of ether oxygens (including phenoxy) is 1. The Morgan fingerprint density at radius 1 is 1.40 bits per heavy atom. The van der Waals surface area contributed by atoms with Gasteiger partial charge in [0.1, 0.15) is 19.0 Å². The number of carbonyl (C=O) groups excluding carboxylic acids is 1. The van der Waals surface area contributed by atoms with Gasteiger partial charge in [0.05, 0.1) is 0 Å². The first-order valence-corrected chi connectivity index (χ1v) is 8.96. The van der Waals surface area contributed by atoms with Crippen LogP contribution in [0.5, 0.6) is 0 Å². The average Bonchev–Trinajstić information content (AvgIpc) is 2.56. The summed E-state index contributed by atoms with van der Waals surface area (Å²) in [6, 6.07) is 3.29. The number of thioether (sulfide) groups is 1. The van der Waals surface area contributed by atoms with Crippen molar-refractivity contribution in [1.82, 2.24) is 0 Å². The van der Waals surface area contributed by atoms with Crippen LogP contribution in [-0.2, 0) is 20.7 Å². The van der Waals surface area contributed by atoms with Gasteiger partial charge in [0, 0.05) is 30.5 Å². The lowest BCUT2D eigenvalue weighted by atomic mass is 10.1. The van der Waals surface area contributed by atoms with Crippen LogP contribution >= 0.6 is 11.8 Å². The van der Waals surface area contributed by atoms with E-state index in [1.807, 2.05) is 6.07 Å². The number of carboxylic acids is 1. The highest BCUT2D eigenvalue weighted by atomic mass is 32.2. The van der Waals surface area contributed by atoms with E-state index in [-0.39, 0.29) is 24.9 Å². The molecule has 1 aromatic rings. The molecule has 0 saturated carbocycles. The molecule has 25 heavy (non-hydrogen) atoms. The van der Waals surface area contributed by atoms with Crippen LogP contribution in [-0.4, -0.2) is 42.5 Å². The number of anilines is 1. The molecule has 5 nitrogen and oxygen atoms in total. The van der Waals surface area contributed by atoms with Crippen LogP contribution in [0.2, 0.25) is 0 Å². The lowest BCUT2D eigenvalue weighted by Gasteiger charge is -2.24. The standard InChI is InChI=1S/C18H20FNO4S/c1-13(21)20(7-3-2-4-8-24-12-17(22)23)15-10-14-6-5-9-25-18(14)16(19)11-15/h10-11H,3,5-9,12H2,1H3,(H,22,23). The van der Waals surface area contributed by atoms with Crippen molar-refractivity contribution < 1.29 is 23.8 Å². The molecular weight excluding hydrogens is 345 g/mol. The van der Waals surface area contributed by atoms with Gasteiger partial charge in [0.2, 0.25) is 5.91 Å². The minimum atomic E-state index is -1.04.